The molecule has 0 saturated heterocycles. The lowest BCUT2D eigenvalue weighted by molar-refractivity contribution is -0.144. The third-order valence-corrected chi connectivity index (χ3v) is 4.18. The van der Waals surface area contributed by atoms with E-state index in [1.807, 2.05) is 0 Å². The van der Waals surface area contributed by atoms with Crippen LogP contribution in [0.1, 0.15) is 25.3 Å². The molecule has 0 aromatic heterocycles. The highest BCUT2D eigenvalue weighted by Crippen LogP contribution is 2.39. The zero-order chi connectivity index (χ0) is 17.9. The number of benzene rings is 1. The van der Waals surface area contributed by atoms with E-state index in [1.165, 1.54) is 6.08 Å². The highest BCUT2D eigenvalue weighted by Gasteiger charge is 2.43. The number of hydrogen-bond donors (Lipinski definition) is 1. The lowest BCUT2D eigenvalue weighted by Gasteiger charge is -2.22. The van der Waals surface area contributed by atoms with Crippen molar-refractivity contribution in [3.05, 3.63) is 29.8 Å². The van der Waals surface area contributed by atoms with Gasteiger partial charge in [-0.05, 0) is 49.5 Å². The number of fused-ring (bicyclic) bond motifs is 1. The second-order valence-corrected chi connectivity index (χ2v) is 6.19. The summed E-state index contributed by atoms with van der Waals surface area (Å²) in [6, 6.07) is 7.39. The van der Waals surface area contributed by atoms with Crippen molar-refractivity contribution >= 4 is 18.0 Å². The van der Waals surface area contributed by atoms with Crippen LogP contribution in [0.5, 0.6) is 11.5 Å². The second kappa shape index (κ2) is 6.85. The molecule has 0 bridgehead atoms. The van der Waals surface area contributed by atoms with Gasteiger partial charge in [-0.3, -0.25) is 4.79 Å². The molecule has 0 spiro atoms. The quantitative estimate of drug-likeness (QED) is 0.625. The summed E-state index contributed by atoms with van der Waals surface area (Å²) in [6.45, 7) is 1.44. The number of nitrogens with zero attached hydrogens (tertiary/aromatic N) is 1. The first-order chi connectivity index (χ1) is 12.0. The number of nitrogens with one attached hydrogen (secondary N) is 1. The third kappa shape index (κ3) is 4.10. The van der Waals surface area contributed by atoms with Crippen LogP contribution >= 0.6 is 0 Å². The Labute approximate surface area is 145 Å². The van der Waals surface area contributed by atoms with E-state index in [0.717, 1.165) is 18.4 Å². The van der Waals surface area contributed by atoms with Gasteiger partial charge in [0.2, 0.25) is 6.79 Å². The van der Waals surface area contributed by atoms with Gasteiger partial charge < -0.3 is 19.5 Å². The topological polar surface area (TPSA) is 97.7 Å². The molecule has 1 aliphatic heterocycles. The van der Waals surface area contributed by atoms with E-state index in [2.05, 4.69) is 11.4 Å². The fourth-order valence-electron chi connectivity index (χ4n) is 2.57. The maximum Gasteiger partial charge on any atom is 0.331 e. The maximum absolute atomic E-state index is 11.9. The predicted molar refractivity (Wildman–Crippen MR) is 87.4 cm³/mol. The van der Waals surface area contributed by atoms with Crippen LogP contribution in [0, 0.1) is 17.2 Å². The summed E-state index contributed by atoms with van der Waals surface area (Å²) in [5.41, 5.74) is -0.150. The first-order valence-corrected chi connectivity index (χ1v) is 7.97. The minimum Gasteiger partial charge on any atom is -0.454 e. The Morgan fingerprint density at radius 2 is 2.16 bits per heavy atom. The Morgan fingerprint density at radius 1 is 1.40 bits per heavy atom. The predicted octanol–water partition coefficient (Wildman–Crippen LogP) is 1.78. The van der Waals surface area contributed by atoms with Crippen LogP contribution in [0.3, 0.4) is 0 Å². The van der Waals surface area contributed by atoms with Gasteiger partial charge in [0.15, 0.2) is 18.1 Å². The molecule has 1 aromatic rings. The lowest BCUT2D eigenvalue weighted by Crippen LogP contribution is -2.48. The summed E-state index contributed by atoms with van der Waals surface area (Å²) >= 11 is 0. The first-order valence-electron chi connectivity index (χ1n) is 7.97. The van der Waals surface area contributed by atoms with Crippen molar-refractivity contribution in [2.45, 2.75) is 25.3 Å². The number of rotatable bonds is 6. The summed E-state index contributed by atoms with van der Waals surface area (Å²) in [6.07, 6.45) is 4.63. The number of carbonyl (C=O) groups excluding carboxylic acids is 2. The molecule has 1 heterocycles. The zero-order valence-electron chi connectivity index (χ0n) is 13.8. The second-order valence-electron chi connectivity index (χ2n) is 6.19. The molecule has 0 unspecified atom stereocenters. The van der Waals surface area contributed by atoms with Gasteiger partial charge in [0.05, 0.1) is 6.07 Å². The van der Waals surface area contributed by atoms with E-state index in [9.17, 15) is 14.9 Å². The van der Waals surface area contributed by atoms with Crippen molar-refractivity contribution in [2.75, 3.05) is 13.4 Å². The van der Waals surface area contributed by atoms with Crippen molar-refractivity contribution in [1.29, 1.82) is 5.26 Å². The molecule has 1 aliphatic carbocycles. The Morgan fingerprint density at radius 3 is 2.88 bits per heavy atom. The van der Waals surface area contributed by atoms with Crippen LogP contribution in [0.4, 0.5) is 0 Å². The first kappa shape index (κ1) is 16.8. The van der Waals surface area contributed by atoms with Gasteiger partial charge in [-0.15, -0.1) is 0 Å². The Bertz CT molecular complexity index is 763. The van der Waals surface area contributed by atoms with Crippen LogP contribution < -0.4 is 14.8 Å². The van der Waals surface area contributed by atoms with Crippen molar-refractivity contribution in [3.8, 4) is 17.6 Å². The van der Waals surface area contributed by atoms with Crippen LogP contribution in [-0.2, 0) is 14.3 Å². The summed E-state index contributed by atoms with van der Waals surface area (Å²) in [7, 11) is 0. The molecule has 7 nitrogen and oxygen atoms in total. The Kier molecular flexibility index (Phi) is 4.61. The molecule has 1 aromatic carbocycles. The van der Waals surface area contributed by atoms with E-state index in [0.29, 0.717) is 11.5 Å². The van der Waals surface area contributed by atoms with Crippen molar-refractivity contribution < 1.29 is 23.8 Å². The van der Waals surface area contributed by atoms with Gasteiger partial charge >= 0.3 is 5.97 Å². The van der Waals surface area contributed by atoms with Gasteiger partial charge in [-0.1, -0.05) is 6.07 Å². The molecule has 1 atom stereocenters. The largest absolute Gasteiger partial charge is 0.454 e. The molecule has 1 amide bonds. The Hall–Kier alpha value is -3.01. The number of carbonyl (C=O) groups is 2. The van der Waals surface area contributed by atoms with Crippen LogP contribution in [0.2, 0.25) is 0 Å². The van der Waals surface area contributed by atoms with Crippen molar-refractivity contribution in [2.24, 2.45) is 5.92 Å². The average molecular weight is 342 g/mol. The van der Waals surface area contributed by atoms with Gasteiger partial charge in [0.1, 0.15) is 5.54 Å². The molecule has 130 valence electrons. The summed E-state index contributed by atoms with van der Waals surface area (Å²) in [5.74, 6) is 0.320. The summed E-state index contributed by atoms with van der Waals surface area (Å²) in [4.78, 5) is 23.6. The molecule has 25 heavy (non-hydrogen) atoms. The van der Waals surface area contributed by atoms with Gasteiger partial charge in [0, 0.05) is 6.08 Å². The molecular weight excluding hydrogens is 324 g/mol. The number of ether oxygens (including phenoxy) is 3. The smallest absolute Gasteiger partial charge is 0.331 e. The molecule has 1 saturated carbocycles. The van der Waals surface area contributed by atoms with E-state index < -0.39 is 24.0 Å². The number of esters is 1. The molecule has 1 fully saturated rings. The number of nitriles is 1. The van der Waals surface area contributed by atoms with Crippen LogP contribution in [0.15, 0.2) is 24.3 Å². The number of amides is 1. The SMILES string of the molecule is C[C@@](C#N)(NC(=O)COC(=O)/C=C/c1ccc2c(c1)OCO2)C1CC1. The minimum absolute atomic E-state index is 0.169. The van der Waals surface area contributed by atoms with E-state index in [-0.39, 0.29) is 12.7 Å². The van der Waals surface area contributed by atoms with Crippen molar-refractivity contribution in [1.82, 2.24) is 5.32 Å². The van der Waals surface area contributed by atoms with Crippen molar-refractivity contribution in [3.63, 3.8) is 0 Å². The lowest BCUT2D eigenvalue weighted by atomic mass is 9.98. The summed E-state index contributed by atoms with van der Waals surface area (Å²) in [5, 5.41) is 11.8. The normalized spacial score (nSPS) is 17.6. The molecule has 1 N–H and O–H groups in total. The highest BCUT2D eigenvalue weighted by atomic mass is 16.7. The third-order valence-electron chi connectivity index (χ3n) is 4.18. The standard InChI is InChI=1S/C18H18N2O5/c1-18(10-19,13-4-5-13)20-16(21)9-23-17(22)7-3-12-2-6-14-15(8-12)25-11-24-14/h2-3,6-8,13H,4-5,9,11H2,1H3,(H,20,21)/b7-3+/t18-/m0/s1. The van der Waals surface area contributed by atoms with E-state index in [1.54, 1.807) is 31.2 Å². The minimum atomic E-state index is -0.897. The molecule has 3 rings (SSSR count). The van der Waals surface area contributed by atoms with Gasteiger partial charge in [-0.25, -0.2) is 4.79 Å². The molecular formula is C18H18N2O5. The molecule has 0 radical (unpaired) electrons. The van der Waals surface area contributed by atoms with Gasteiger partial charge in [-0.2, -0.15) is 5.26 Å². The van der Waals surface area contributed by atoms with E-state index >= 15 is 0 Å². The average Bonchev–Trinajstić information content (AvgIpc) is 3.37. The zero-order valence-corrected chi connectivity index (χ0v) is 13.8. The maximum atomic E-state index is 11.9. The van der Waals surface area contributed by atoms with Gasteiger partial charge in [0.25, 0.3) is 5.91 Å². The highest BCUT2D eigenvalue weighted by molar-refractivity contribution is 5.89. The van der Waals surface area contributed by atoms with Crippen LogP contribution in [-0.4, -0.2) is 30.8 Å². The number of hydrogen-bond acceptors (Lipinski definition) is 6. The molecule has 2 aliphatic rings. The fraction of sp³-hybridized carbons (Fsp3) is 0.389. The fourth-order valence-corrected chi connectivity index (χ4v) is 2.57. The molecule has 7 heteroatoms. The van der Waals surface area contributed by atoms with Crippen LogP contribution in [0.25, 0.3) is 6.08 Å². The monoisotopic (exact) mass is 342 g/mol. The summed E-state index contributed by atoms with van der Waals surface area (Å²) < 4.78 is 15.4. The van der Waals surface area contributed by atoms with E-state index in [4.69, 9.17) is 14.2 Å². The Balaban J connectivity index is 1.47.